The molecule has 0 bridgehead atoms. The Kier molecular flexibility index (Phi) is 5.87. The van der Waals surface area contributed by atoms with Gasteiger partial charge in [0.05, 0.1) is 6.54 Å². The van der Waals surface area contributed by atoms with Gasteiger partial charge in [-0.3, -0.25) is 19.3 Å². The molecule has 1 aromatic carbocycles. The second-order valence-corrected chi connectivity index (χ2v) is 5.96. The molecule has 6 heteroatoms. The Labute approximate surface area is 136 Å². The number of ketones is 1. The quantitative estimate of drug-likeness (QED) is 0.805. The van der Waals surface area contributed by atoms with Crippen LogP contribution in [0.3, 0.4) is 0 Å². The number of likely N-dealkylation sites (tertiary alicyclic amines) is 1. The summed E-state index contributed by atoms with van der Waals surface area (Å²) in [7, 11) is 0. The lowest BCUT2D eigenvalue weighted by molar-refractivity contribution is -0.120. The molecule has 6 nitrogen and oxygen atoms in total. The van der Waals surface area contributed by atoms with Gasteiger partial charge in [-0.15, -0.1) is 0 Å². The van der Waals surface area contributed by atoms with Crippen LogP contribution in [0, 0.1) is 0 Å². The number of carbonyl (C=O) groups excluding carboxylic acids is 3. The van der Waals surface area contributed by atoms with E-state index in [2.05, 4.69) is 10.6 Å². The van der Waals surface area contributed by atoms with Gasteiger partial charge in [-0.2, -0.15) is 0 Å². The van der Waals surface area contributed by atoms with Gasteiger partial charge >= 0.3 is 0 Å². The van der Waals surface area contributed by atoms with E-state index in [9.17, 15) is 14.4 Å². The topological polar surface area (TPSA) is 78.5 Å². The van der Waals surface area contributed by atoms with Crippen LogP contribution in [-0.4, -0.2) is 48.2 Å². The number of benzene rings is 1. The van der Waals surface area contributed by atoms with Crippen molar-refractivity contribution < 1.29 is 14.4 Å². The van der Waals surface area contributed by atoms with Crippen LogP contribution in [0.15, 0.2) is 24.3 Å². The summed E-state index contributed by atoms with van der Waals surface area (Å²) in [6.45, 7) is 4.81. The van der Waals surface area contributed by atoms with Crippen molar-refractivity contribution in [3.8, 4) is 0 Å². The fraction of sp³-hybridized carbons (Fsp3) is 0.471. The number of hydrogen-bond acceptors (Lipinski definition) is 4. The number of hydrogen-bond donors (Lipinski definition) is 2. The first-order chi connectivity index (χ1) is 10.9. The van der Waals surface area contributed by atoms with Crippen molar-refractivity contribution in [2.24, 2.45) is 0 Å². The number of nitrogens with one attached hydrogen (secondary N) is 2. The number of nitrogens with zero attached hydrogens (tertiary/aromatic N) is 1. The minimum Gasteiger partial charge on any atom is -0.352 e. The van der Waals surface area contributed by atoms with Crippen LogP contribution >= 0.6 is 0 Å². The third-order valence-electron chi connectivity index (χ3n) is 3.83. The number of rotatable bonds is 5. The van der Waals surface area contributed by atoms with Crippen LogP contribution in [0.5, 0.6) is 0 Å². The monoisotopic (exact) mass is 317 g/mol. The lowest BCUT2D eigenvalue weighted by Gasteiger charge is -2.32. The molecule has 0 spiro atoms. The predicted octanol–water partition coefficient (Wildman–Crippen LogP) is 1.43. The zero-order chi connectivity index (χ0) is 16.8. The van der Waals surface area contributed by atoms with Gasteiger partial charge < -0.3 is 10.6 Å². The smallest absolute Gasteiger partial charge is 0.238 e. The summed E-state index contributed by atoms with van der Waals surface area (Å²) in [5, 5.41) is 5.72. The summed E-state index contributed by atoms with van der Waals surface area (Å²) < 4.78 is 0. The van der Waals surface area contributed by atoms with Crippen LogP contribution in [0.25, 0.3) is 0 Å². The summed E-state index contributed by atoms with van der Waals surface area (Å²) in [4.78, 5) is 36.7. The second kappa shape index (κ2) is 7.87. The lowest BCUT2D eigenvalue weighted by atomic mass is 10.1. The van der Waals surface area contributed by atoms with Crippen molar-refractivity contribution in [2.75, 3.05) is 25.0 Å². The van der Waals surface area contributed by atoms with E-state index in [0.717, 1.165) is 19.4 Å². The molecule has 2 amide bonds. The van der Waals surface area contributed by atoms with Gasteiger partial charge in [0.15, 0.2) is 5.78 Å². The second-order valence-electron chi connectivity index (χ2n) is 5.96. The minimum absolute atomic E-state index is 0.0321. The summed E-state index contributed by atoms with van der Waals surface area (Å²) in [6, 6.07) is 7.02. The largest absolute Gasteiger partial charge is 0.352 e. The fourth-order valence-corrected chi connectivity index (χ4v) is 2.82. The van der Waals surface area contributed by atoms with Gasteiger partial charge in [0.2, 0.25) is 11.8 Å². The molecule has 1 unspecified atom stereocenters. The number of amides is 2. The molecule has 1 atom stereocenters. The Morgan fingerprint density at radius 2 is 2.04 bits per heavy atom. The van der Waals surface area contributed by atoms with Crippen LogP contribution in [0.1, 0.15) is 37.0 Å². The fourth-order valence-electron chi connectivity index (χ4n) is 2.82. The molecule has 1 aromatic rings. The number of piperidine rings is 1. The summed E-state index contributed by atoms with van der Waals surface area (Å²) >= 11 is 0. The van der Waals surface area contributed by atoms with Crippen LogP contribution < -0.4 is 10.6 Å². The molecule has 23 heavy (non-hydrogen) atoms. The van der Waals surface area contributed by atoms with Crippen molar-refractivity contribution >= 4 is 23.3 Å². The van der Waals surface area contributed by atoms with Crippen LogP contribution in [-0.2, 0) is 9.59 Å². The van der Waals surface area contributed by atoms with Crippen molar-refractivity contribution in [1.82, 2.24) is 10.2 Å². The molecule has 0 radical (unpaired) electrons. The lowest BCUT2D eigenvalue weighted by Crippen LogP contribution is -2.49. The van der Waals surface area contributed by atoms with Gasteiger partial charge in [0.25, 0.3) is 0 Å². The van der Waals surface area contributed by atoms with Crippen molar-refractivity contribution in [2.45, 2.75) is 32.7 Å². The predicted molar refractivity (Wildman–Crippen MR) is 88.4 cm³/mol. The number of anilines is 1. The first-order valence-corrected chi connectivity index (χ1v) is 7.84. The van der Waals surface area contributed by atoms with Crippen molar-refractivity contribution in [1.29, 1.82) is 0 Å². The average Bonchev–Trinajstić information content (AvgIpc) is 2.47. The Bertz CT molecular complexity index is 601. The van der Waals surface area contributed by atoms with E-state index >= 15 is 0 Å². The van der Waals surface area contributed by atoms with Crippen molar-refractivity contribution in [3.05, 3.63) is 29.8 Å². The highest BCUT2D eigenvalue weighted by Crippen LogP contribution is 2.13. The first-order valence-electron chi connectivity index (χ1n) is 7.84. The highest BCUT2D eigenvalue weighted by Gasteiger charge is 2.22. The van der Waals surface area contributed by atoms with E-state index in [1.54, 1.807) is 24.3 Å². The van der Waals surface area contributed by atoms with Gasteiger partial charge in [-0.1, -0.05) is 12.1 Å². The Hall–Kier alpha value is -2.21. The maximum Gasteiger partial charge on any atom is 0.238 e. The Morgan fingerprint density at radius 3 is 2.74 bits per heavy atom. The standard InChI is InChI=1S/C17H23N3O3/c1-12(21)14-5-3-6-15(9-14)19-17(23)11-20-8-4-7-16(10-20)18-13(2)22/h3,5-6,9,16H,4,7-8,10-11H2,1-2H3,(H,18,22)(H,19,23). The molecule has 1 saturated heterocycles. The zero-order valence-electron chi connectivity index (χ0n) is 13.6. The summed E-state index contributed by atoms with van der Waals surface area (Å²) in [5.41, 5.74) is 1.20. The first kappa shape index (κ1) is 17.1. The highest BCUT2D eigenvalue weighted by atomic mass is 16.2. The minimum atomic E-state index is -0.117. The average molecular weight is 317 g/mol. The maximum atomic E-state index is 12.2. The molecule has 1 aliphatic heterocycles. The molecule has 1 heterocycles. The van der Waals surface area contributed by atoms with E-state index in [4.69, 9.17) is 0 Å². The molecule has 0 aliphatic carbocycles. The third-order valence-corrected chi connectivity index (χ3v) is 3.83. The SMILES string of the molecule is CC(=O)NC1CCCN(CC(=O)Nc2cccc(C(C)=O)c2)C1. The number of carbonyl (C=O) groups is 3. The van der Waals surface area contributed by atoms with Gasteiger partial charge in [0.1, 0.15) is 0 Å². The molecule has 0 saturated carbocycles. The maximum absolute atomic E-state index is 12.2. The molecule has 2 N–H and O–H groups in total. The molecule has 1 aliphatic rings. The van der Waals surface area contributed by atoms with E-state index in [-0.39, 0.29) is 30.2 Å². The van der Waals surface area contributed by atoms with Crippen LogP contribution in [0.2, 0.25) is 0 Å². The summed E-state index contributed by atoms with van der Waals surface area (Å²) in [6.07, 6.45) is 1.90. The molecule has 1 fully saturated rings. The van der Waals surface area contributed by atoms with Crippen molar-refractivity contribution in [3.63, 3.8) is 0 Å². The van der Waals surface area contributed by atoms with E-state index in [0.29, 0.717) is 17.8 Å². The van der Waals surface area contributed by atoms with Gasteiger partial charge in [-0.05, 0) is 38.4 Å². The zero-order valence-corrected chi connectivity index (χ0v) is 13.6. The molecular formula is C17H23N3O3. The molecule has 2 rings (SSSR count). The van der Waals surface area contributed by atoms with E-state index in [1.807, 2.05) is 4.90 Å². The van der Waals surface area contributed by atoms with E-state index in [1.165, 1.54) is 13.8 Å². The molecule has 0 aromatic heterocycles. The Morgan fingerprint density at radius 1 is 1.26 bits per heavy atom. The Balaban J connectivity index is 1.88. The number of Topliss-reactive ketones (excluding diaryl/α,β-unsaturated/α-hetero) is 1. The summed E-state index contributed by atoms with van der Waals surface area (Å²) in [5.74, 6) is -0.188. The van der Waals surface area contributed by atoms with Crippen LogP contribution in [0.4, 0.5) is 5.69 Å². The van der Waals surface area contributed by atoms with E-state index < -0.39 is 0 Å². The third kappa shape index (κ3) is 5.49. The van der Waals surface area contributed by atoms with Gasteiger partial charge in [-0.25, -0.2) is 0 Å². The van der Waals surface area contributed by atoms with Gasteiger partial charge in [0, 0.05) is 30.8 Å². The molecule has 124 valence electrons. The highest BCUT2D eigenvalue weighted by molar-refractivity contribution is 5.97. The normalized spacial score (nSPS) is 18.3. The molecular weight excluding hydrogens is 294 g/mol.